The van der Waals surface area contributed by atoms with Gasteiger partial charge in [0.25, 0.3) is 0 Å². The van der Waals surface area contributed by atoms with E-state index in [4.69, 9.17) is 0 Å². The molecule has 20 heavy (non-hydrogen) atoms. The van der Waals surface area contributed by atoms with Crippen LogP contribution in [0, 0.1) is 18.3 Å². The van der Waals surface area contributed by atoms with E-state index in [2.05, 4.69) is 21.6 Å². The van der Waals surface area contributed by atoms with Crippen molar-refractivity contribution in [1.82, 2.24) is 15.5 Å². The second kappa shape index (κ2) is 6.55. The standard InChI is InChI=1S/C13H18N4OS2/c1-9(19-12-17-16-10(2)20-12)11(18)15-13(8-14)6-4-3-5-7-13/h9H,3-7H2,1-2H3,(H,15,18)/t9-/m0/s1. The number of hydrogen-bond donors (Lipinski definition) is 1. The Morgan fingerprint density at radius 3 is 2.70 bits per heavy atom. The molecule has 0 aromatic carbocycles. The molecule has 1 fully saturated rings. The van der Waals surface area contributed by atoms with Gasteiger partial charge in [-0.05, 0) is 26.7 Å². The average molecular weight is 310 g/mol. The number of carbonyl (C=O) groups excluding carboxylic acids is 1. The lowest BCUT2D eigenvalue weighted by Gasteiger charge is -2.32. The van der Waals surface area contributed by atoms with Crippen LogP contribution >= 0.6 is 23.1 Å². The van der Waals surface area contributed by atoms with E-state index in [1.54, 1.807) is 0 Å². The van der Waals surface area contributed by atoms with Crippen molar-refractivity contribution in [2.75, 3.05) is 0 Å². The number of nitrogens with one attached hydrogen (secondary N) is 1. The summed E-state index contributed by atoms with van der Waals surface area (Å²) in [6.45, 7) is 3.73. The second-order valence-electron chi connectivity index (χ2n) is 5.09. The van der Waals surface area contributed by atoms with Crippen molar-refractivity contribution < 1.29 is 4.79 Å². The quantitative estimate of drug-likeness (QED) is 0.865. The monoisotopic (exact) mass is 310 g/mol. The fourth-order valence-electron chi connectivity index (χ4n) is 2.29. The third-order valence-corrected chi connectivity index (χ3v) is 5.46. The van der Waals surface area contributed by atoms with Crippen LogP contribution < -0.4 is 5.32 Å². The molecule has 1 aliphatic carbocycles. The summed E-state index contributed by atoms with van der Waals surface area (Å²) in [6.07, 6.45) is 4.67. The zero-order valence-corrected chi connectivity index (χ0v) is 13.3. The number of hydrogen-bond acceptors (Lipinski definition) is 6. The normalized spacial score (nSPS) is 19.1. The lowest BCUT2D eigenvalue weighted by Crippen LogP contribution is -2.50. The Morgan fingerprint density at radius 1 is 1.45 bits per heavy atom. The number of carbonyl (C=O) groups is 1. The lowest BCUT2D eigenvalue weighted by atomic mass is 9.83. The molecule has 1 heterocycles. The van der Waals surface area contributed by atoms with Gasteiger partial charge in [-0.3, -0.25) is 4.79 Å². The van der Waals surface area contributed by atoms with Crippen LogP contribution in [0.25, 0.3) is 0 Å². The topological polar surface area (TPSA) is 78.7 Å². The molecule has 7 heteroatoms. The highest BCUT2D eigenvalue weighted by Crippen LogP contribution is 2.30. The Labute approximate surface area is 127 Å². The maximum absolute atomic E-state index is 12.3. The highest BCUT2D eigenvalue weighted by atomic mass is 32.2. The predicted octanol–water partition coefficient (Wildman–Crippen LogP) is 2.67. The number of amides is 1. The maximum atomic E-state index is 12.3. The number of aryl methyl sites for hydroxylation is 1. The fourth-order valence-corrected chi connectivity index (χ4v) is 4.25. The minimum Gasteiger partial charge on any atom is -0.337 e. The van der Waals surface area contributed by atoms with Gasteiger partial charge in [0, 0.05) is 0 Å². The molecular formula is C13H18N4OS2. The van der Waals surface area contributed by atoms with Gasteiger partial charge in [0.15, 0.2) is 4.34 Å². The summed E-state index contributed by atoms with van der Waals surface area (Å²) in [5.41, 5.74) is -0.665. The number of aromatic nitrogens is 2. The number of nitriles is 1. The van der Waals surface area contributed by atoms with E-state index in [-0.39, 0.29) is 11.2 Å². The molecule has 0 spiro atoms. The van der Waals surface area contributed by atoms with E-state index in [1.807, 2.05) is 13.8 Å². The SMILES string of the molecule is Cc1nnc(S[C@@H](C)C(=O)NC2(C#N)CCCCC2)s1. The van der Waals surface area contributed by atoms with Crippen molar-refractivity contribution in [3.63, 3.8) is 0 Å². The Balaban J connectivity index is 1.94. The first-order chi connectivity index (χ1) is 9.54. The average Bonchev–Trinajstić information content (AvgIpc) is 2.85. The minimum atomic E-state index is -0.665. The molecule has 1 aromatic rings. The molecule has 1 aliphatic rings. The van der Waals surface area contributed by atoms with Gasteiger partial charge in [-0.25, -0.2) is 0 Å². The molecule has 2 rings (SSSR count). The zero-order valence-electron chi connectivity index (χ0n) is 11.7. The van der Waals surface area contributed by atoms with Crippen LogP contribution in [0.5, 0.6) is 0 Å². The molecule has 0 aliphatic heterocycles. The first-order valence-corrected chi connectivity index (χ1v) is 8.44. The number of nitrogens with zero attached hydrogens (tertiary/aromatic N) is 3. The Kier molecular flexibility index (Phi) is 5.00. The van der Waals surface area contributed by atoms with Crippen LogP contribution in [-0.2, 0) is 4.79 Å². The van der Waals surface area contributed by atoms with E-state index in [0.717, 1.165) is 41.5 Å². The van der Waals surface area contributed by atoms with E-state index in [0.29, 0.717) is 0 Å². The largest absolute Gasteiger partial charge is 0.337 e. The fraction of sp³-hybridized carbons (Fsp3) is 0.692. The van der Waals surface area contributed by atoms with Gasteiger partial charge in [0.05, 0.1) is 11.3 Å². The summed E-state index contributed by atoms with van der Waals surface area (Å²) in [5, 5.41) is 20.9. The van der Waals surface area contributed by atoms with E-state index < -0.39 is 5.54 Å². The van der Waals surface area contributed by atoms with Gasteiger partial charge in [-0.2, -0.15) is 5.26 Å². The Bertz CT molecular complexity index is 517. The molecular weight excluding hydrogens is 292 g/mol. The molecule has 108 valence electrons. The Morgan fingerprint density at radius 2 is 2.15 bits per heavy atom. The molecule has 0 saturated heterocycles. The van der Waals surface area contributed by atoms with E-state index >= 15 is 0 Å². The molecule has 1 amide bonds. The van der Waals surface area contributed by atoms with E-state index in [9.17, 15) is 10.1 Å². The van der Waals surface area contributed by atoms with Crippen LogP contribution in [0.3, 0.4) is 0 Å². The van der Waals surface area contributed by atoms with Gasteiger partial charge in [0.2, 0.25) is 5.91 Å². The zero-order chi connectivity index (χ0) is 14.6. The minimum absolute atomic E-state index is 0.0914. The molecule has 0 radical (unpaired) electrons. The highest BCUT2D eigenvalue weighted by Gasteiger charge is 2.35. The summed E-state index contributed by atoms with van der Waals surface area (Å²) in [6, 6.07) is 2.30. The summed E-state index contributed by atoms with van der Waals surface area (Å²) in [5.74, 6) is -0.0914. The first kappa shape index (κ1) is 15.3. The van der Waals surface area contributed by atoms with Crippen molar-refractivity contribution in [3.05, 3.63) is 5.01 Å². The van der Waals surface area contributed by atoms with Crippen LogP contribution in [0.2, 0.25) is 0 Å². The summed E-state index contributed by atoms with van der Waals surface area (Å²) in [7, 11) is 0. The number of thioether (sulfide) groups is 1. The van der Waals surface area contributed by atoms with Gasteiger partial charge in [-0.15, -0.1) is 10.2 Å². The summed E-state index contributed by atoms with van der Waals surface area (Å²) < 4.78 is 0.791. The molecule has 1 saturated carbocycles. The van der Waals surface area contributed by atoms with Crippen LogP contribution in [0.4, 0.5) is 0 Å². The van der Waals surface area contributed by atoms with Crippen LogP contribution in [0.15, 0.2) is 4.34 Å². The number of rotatable bonds is 4. The maximum Gasteiger partial charge on any atom is 0.234 e. The molecule has 5 nitrogen and oxygen atoms in total. The van der Waals surface area contributed by atoms with Gasteiger partial charge >= 0.3 is 0 Å². The first-order valence-electron chi connectivity index (χ1n) is 6.75. The van der Waals surface area contributed by atoms with E-state index in [1.165, 1.54) is 23.1 Å². The molecule has 1 aromatic heterocycles. The van der Waals surface area contributed by atoms with Crippen molar-refractivity contribution in [2.24, 2.45) is 0 Å². The van der Waals surface area contributed by atoms with Crippen LogP contribution in [-0.4, -0.2) is 26.9 Å². The molecule has 1 atom stereocenters. The van der Waals surface area contributed by atoms with Crippen molar-refractivity contribution in [1.29, 1.82) is 5.26 Å². The summed E-state index contributed by atoms with van der Waals surface area (Å²) >= 11 is 2.87. The van der Waals surface area contributed by atoms with Crippen molar-refractivity contribution >= 4 is 29.0 Å². The highest BCUT2D eigenvalue weighted by molar-refractivity contribution is 8.02. The predicted molar refractivity (Wildman–Crippen MR) is 79.5 cm³/mol. The third kappa shape index (κ3) is 3.70. The third-order valence-electron chi connectivity index (χ3n) is 3.44. The smallest absolute Gasteiger partial charge is 0.234 e. The Hall–Kier alpha value is -1.13. The van der Waals surface area contributed by atoms with Crippen molar-refractivity contribution in [2.45, 2.75) is 61.1 Å². The lowest BCUT2D eigenvalue weighted by molar-refractivity contribution is -0.121. The summed E-state index contributed by atoms with van der Waals surface area (Å²) in [4.78, 5) is 12.3. The van der Waals surface area contributed by atoms with Gasteiger partial charge in [0.1, 0.15) is 10.5 Å². The van der Waals surface area contributed by atoms with Gasteiger partial charge in [-0.1, -0.05) is 42.4 Å². The van der Waals surface area contributed by atoms with Gasteiger partial charge < -0.3 is 5.32 Å². The van der Waals surface area contributed by atoms with Crippen molar-refractivity contribution in [3.8, 4) is 6.07 Å². The molecule has 0 bridgehead atoms. The van der Waals surface area contributed by atoms with Crippen LogP contribution in [0.1, 0.15) is 44.0 Å². The molecule has 0 unspecified atom stereocenters. The molecule has 1 N–H and O–H groups in total. The second-order valence-corrected chi connectivity index (χ2v) is 7.86.